The molecule has 0 saturated heterocycles. The monoisotopic (exact) mass is 359 g/mol. The maximum atomic E-state index is 12.6. The minimum Gasteiger partial charge on any atom is -0.295 e. The highest BCUT2D eigenvalue weighted by molar-refractivity contribution is 7.90. The molecule has 0 saturated carbocycles. The van der Waals surface area contributed by atoms with Gasteiger partial charge < -0.3 is 0 Å². The number of sulfone groups is 1. The van der Waals surface area contributed by atoms with Crippen molar-refractivity contribution in [3.8, 4) is 11.3 Å². The van der Waals surface area contributed by atoms with E-state index >= 15 is 0 Å². The summed E-state index contributed by atoms with van der Waals surface area (Å²) in [5.74, 6) is -0.620. The van der Waals surface area contributed by atoms with Gasteiger partial charge in [0.05, 0.1) is 17.5 Å². The number of halogens is 3. The van der Waals surface area contributed by atoms with Crippen molar-refractivity contribution in [2.24, 2.45) is 0 Å². The zero-order chi connectivity index (χ0) is 18.1. The second-order valence-electron chi connectivity index (χ2n) is 4.93. The molecule has 0 aliphatic carbocycles. The average molecular weight is 359 g/mol. The van der Waals surface area contributed by atoms with Gasteiger partial charge in [0.25, 0.3) is 0 Å². The Kier molecular flexibility index (Phi) is 4.61. The minimum atomic E-state index is -4.51. The molecule has 6 nitrogen and oxygen atoms in total. The number of anilines is 1. The number of aromatic nitrogens is 2. The standard InChI is InChI=1S/C14H12F3N3O3S/c1-8(21)19-13-18-7-11(24(2,22)23)12(20-13)9-3-5-10(6-4-9)14(15,16)17/h3-7H,1-2H3,(H,18,19,20,21). The van der Waals surface area contributed by atoms with Gasteiger partial charge in [0.2, 0.25) is 11.9 Å². The number of carbonyl (C=O) groups is 1. The first kappa shape index (κ1) is 17.9. The first-order valence-electron chi connectivity index (χ1n) is 6.51. The number of carbonyl (C=O) groups excluding carboxylic acids is 1. The Labute approximate surface area is 135 Å². The van der Waals surface area contributed by atoms with Crippen LogP contribution in [0, 0.1) is 0 Å². The Morgan fingerprint density at radius 2 is 1.75 bits per heavy atom. The molecule has 1 amide bonds. The lowest BCUT2D eigenvalue weighted by atomic mass is 10.1. The molecule has 2 aromatic rings. The molecule has 1 N–H and O–H groups in total. The van der Waals surface area contributed by atoms with E-state index in [9.17, 15) is 26.4 Å². The molecule has 1 heterocycles. The lowest BCUT2D eigenvalue weighted by molar-refractivity contribution is -0.137. The molecule has 0 spiro atoms. The van der Waals surface area contributed by atoms with E-state index < -0.39 is 27.5 Å². The third-order valence-electron chi connectivity index (χ3n) is 2.93. The number of hydrogen-bond donors (Lipinski definition) is 1. The average Bonchev–Trinajstić information content (AvgIpc) is 2.44. The van der Waals surface area contributed by atoms with Crippen molar-refractivity contribution in [1.82, 2.24) is 9.97 Å². The van der Waals surface area contributed by atoms with E-state index in [1.165, 1.54) is 6.92 Å². The fourth-order valence-corrected chi connectivity index (χ4v) is 2.64. The van der Waals surface area contributed by atoms with E-state index in [-0.39, 0.29) is 22.1 Å². The van der Waals surface area contributed by atoms with Gasteiger partial charge in [-0.2, -0.15) is 13.2 Å². The van der Waals surface area contributed by atoms with Crippen LogP contribution < -0.4 is 5.32 Å². The van der Waals surface area contributed by atoms with Crippen molar-refractivity contribution in [2.45, 2.75) is 18.0 Å². The van der Waals surface area contributed by atoms with Crippen LogP contribution in [0.3, 0.4) is 0 Å². The molecule has 0 unspecified atom stereocenters. The van der Waals surface area contributed by atoms with Crippen LogP contribution in [-0.4, -0.2) is 30.5 Å². The quantitative estimate of drug-likeness (QED) is 0.910. The highest BCUT2D eigenvalue weighted by atomic mass is 32.2. The molecular formula is C14H12F3N3O3S. The molecule has 0 aliphatic heterocycles. The highest BCUT2D eigenvalue weighted by Gasteiger charge is 2.30. The van der Waals surface area contributed by atoms with E-state index in [1.54, 1.807) is 0 Å². The Bertz CT molecular complexity index is 878. The molecule has 0 atom stereocenters. The summed E-state index contributed by atoms with van der Waals surface area (Å²) in [6.07, 6.45) is -2.58. The van der Waals surface area contributed by atoms with Crippen LogP contribution in [0.2, 0.25) is 0 Å². The lowest BCUT2D eigenvalue weighted by Gasteiger charge is -2.11. The molecular weight excluding hydrogens is 347 g/mol. The molecule has 128 valence electrons. The maximum Gasteiger partial charge on any atom is 0.416 e. The first-order chi connectivity index (χ1) is 11.0. The summed E-state index contributed by atoms with van der Waals surface area (Å²) in [7, 11) is -3.73. The van der Waals surface area contributed by atoms with E-state index in [0.29, 0.717) is 0 Å². The third kappa shape index (κ3) is 4.07. The Balaban J connectivity index is 2.59. The lowest BCUT2D eigenvalue weighted by Crippen LogP contribution is -2.12. The molecule has 24 heavy (non-hydrogen) atoms. The Morgan fingerprint density at radius 3 is 2.21 bits per heavy atom. The van der Waals surface area contributed by atoms with Crippen LogP contribution in [0.25, 0.3) is 11.3 Å². The van der Waals surface area contributed by atoms with E-state index in [2.05, 4.69) is 15.3 Å². The van der Waals surface area contributed by atoms with Gasteiger partial charge in [0, 0.05) is 18.7 Å². The van der Waals surface area contributed by atoms with Crippen molar-refractivity contribution in [3.63, 3.8) is 0 Å². The van der Waals surface area contributed by atoms with Gasteiger partial charge in [0.1, 0.15) is 4.90 Å². The van der Waals surface area contributed by atoms with Crippen molar-refractivity contribution in [2.75, 3.05) is 11.6 Å². The highest BCUT2D eigenvalue weighted by Crippen LogP contribution is 2.32. The zero-order valence-electron chi connectivity index (χ0n) is 12.5. The zero-order valence-corrected chi connectivity index (χ0v) is 13.4. The summed E-state index contributed by atoms with van der Waals surface area (Å²) >= 11 is 0. The number of alkyl halides is 3. The molecule has 0 aliphatic rings. The molecule has 10 heteroatoms. The summed E-state index contributed by atoms with van der Waals surface area (Å²) in [5, 5.41) is 2.29. The Morgan fingerprint density at radius 1 is 1.17 bits per heavy atom. The van der Waals surface area contributed by atoms with Crippen LogP contribution in [0.15, 0.2) is 35.4 Å². The van der Waals surface area contributed by atoms with E-state index in [4.69, 9.17) is 0 Å². The van der Waals surface area contributed by atoms with Crippen LogP contribution in [0.1, 0.15) is 12.5 Å². The van der Waals surface area contributed by atoms with E-state index in [1.807, 2.05) is 0 Å². The van der Waals surface area contributed by atoms with Crippen molar-refractivity contribution in [3.05, 3.63) is 36.0 Å². The van der Waals surface area contributed by atoms with Gasteiger partial charge in [-0.15, -0.1) is 0 Å². The predicted octanol–water partition coefficient (Wildman–Crippen LogP) is 2.52. The smallest absolute Gasteiger partial charge is 0.295 e. The van der Waals surface area contributed by atoms with Gasteiger partial charge in [0.15, 0.2) is 9.84 Å². The van der Waals surface area contributed by atoms with Crippen LogP contribution in [-0.2, 0) is 20.8 Å². The van der Waals surface area contributed by atoms with Crippen molar-refractivity contribution < 1.29 is 26.4 Å². The summed E-state index contributed by atoms with van der Waals surface area (Å²) in [4.78, 5) is 18.5. The van der Waals surface area contributed by atoms with Crippen LogP contribution >= 0.6 is 0 Å². The summed E-state index contributed by atoms with van der Waals surface area (Å²) in [5.41, 5.74) is -0.814. The fourth-order valence-electron chi connectivity index (χ4n) is 1.88. The summed E-state index contributed by atoms with van der Waals surface area (Å²) in [6, 6.07) is 3.86. The molecule has 0 radical (unpaired) electrons. The topological polar surface area (TPSA) is 89.0 Å². The number of hydrogen-bond acceptors (Lipinski definition) is 5. The molecule has 2 rings (SSSR count). The first-order valence-corrected chi connectivity index (χ1v) is 8.40. The van der Waals surface area contributed by atoms with Crippen LogP contribution in [0.5, 0.6) is 0 Å². The van der Waals surface area contributed by atoms with Crippen molar-refractivity contribution in [1.29, 1.82) is 0 Å². The van der Waals surface area contributed by atoms with Gasteiger partial charge >= 0.3 is 6.18 Å². The normalized spacial score (nSPS) is 12.0. The number of rotatable bonds is 3. The minimum absolute atomic E-state index is 0.0926. The summed E-state index contributed by atoms with van der Waals surface area (Å²) in [6.45, 7) is 1.21. The van der Waals surface area contributed by atoms with Crippen LogP contribution in [0.4, 0.5) is 19.1 Å². The Hall–Kier alpha value is -2.49. The van der Waals surface area contributed by atoms with Gasteiger partial charge in [-0.1, -0.05) is 12.1 Å². The van der Waals surface area contributed by atoms with Gasteiger partial charge in [-0.05, 0) is 12.1 Å². The SMILES string of the molecule is CC(=O)Nc1ncc(S(C)(=O)=O)c(-c2ccc(C(F)(F)F)cc2)n1. The van der Waals surface area contributed by atoms with E-state index in [0.717, 1.165) is 36.7 Å². The second kappa shape index (κ2) is 6.19. The van der Waals surface area contributed by atoms with Gasteiger partial charge in [-0.25, -0.2) is 18.4 Å². The number of nitrogens with zero attached hydrogens (tertiary/aromatic N) is 2. The number of benzene rings is 1. The third-order valence-corrected chi connectivity index (χ3v) is 4.03. The molecule has 0 bridgehead atoms. The number of nitrogens with one attached hydrogen (secondary N) is 1. The van der Waals surface area contributed by atoms with Crippen molar-refractivity contribution >= 4 is 21.7 Å². The van der Waals surface area contributed by atoms with Gasteiger partial charge in [-0.3, -0.25) is 10.1 Å². The maximum absolute atomic E-state index is 12.6. The number of amides is 1. The summed E-state index contributed by atoms with van der Waals surface area (Å²) < 4.78 is 61.6. The molecule has 1 aromatic heterocycles. The fraction of sp³-hybridized carbons (Fsp3) is 0.214. The predicted molar refractivity (Wildman–Crippen MR) is 79.9 cm³/mol. The second-order valence-corrected chi connectivity index (χ2v) is 6.92. The largest absolute Gasteiger partial charge is 0.416 e. The molecule has 0 fully saturated rings. The molecule has 1 aromatic carbocycles.